The summed E-state index contributed by atoms with van der Waals surface area (Å²) in [5.41, 5.74) is 5.44. The van der Waals surface area contributed by atoms with E-state index in [1.54, 1.807) is 0 Å². The summed E-state index contributed by atoms with van der Waals surface area (Å²) in [6, 6.07) is 5.28. The minimum atomic E-state index is -0.700. The third kappa shape index (κ3) is 2.42. The number of nitrogens with two attached hydrogens (primary N) is 1. The van der Waals surface area contributed by atoms with Crippen molar-refractivity contribution in [3.05, 3.63) is 51.3 Å². The molecule has 0 aliphatic carbocycles. The molecule has 1 aliphatic heterocycles. The van der Waals surface area contributed by atoms with Crippen molar-refractivity contribution in [3.63, 3.8) is 0 Å². The van der Waals surface area contributed by atoms with E-state index in [-0.39, 0.29) is 33.9 Å². The lowest BCUT2D eigenvalue weighted by Gasteiger charge is -2.15. The van der Waals surface area contributed by atoms with Crippen LogP contribution in [0.1, 0.15) is 31.1 Å². The standard InChI is InChI=1S/C16H13N3O6/c1-24-10-4-3-7(16(23)25-2)5-9(10)19-11(20)6-8-12(13(19)17)15(22)18-14(8)21/h3-6H,17H2,1-2H3,(H,18,21,22). The van der Waals surface area contributed by atoms with E-state index in [1.165, 1.54) is 32.4 Å². The van der Waals surface area contributed by atoms with E-state index in [0.717, 1.165) is 10.6 Å². The highest BCUT2D eigenvalue weighted by atomic mass is 16.5. The number of ether oxygens (including phenoxy) is 2. The second-order valence-electron chi connectivity index (χ2n) is 5.15. The van der Waals surface area contributed by atoms with E-state index in [1.807, 2.05) is 0 Å². The average molecular weight is 343 g/mol. The minimum Gasteiger partial charge on any atom is -0.495 e. The summed E-state index contributed by atoms with van der Waals surface area (Å²) in [7, 11) is 2.60. The minimum absolute atomic E-state index is 0.0909. The zero-order valence-electron chi connectivity index (χ0n) is 13.3. The number of benzene rings is 1. The quantitative estimate of drug-likeness (QED) is 0.597. The van der Waals surface area contributed by atoms with Gasteiger partial charge in [0.05, 0.1) is 36.6 Å². The zero-order valence-corrected chi connectivity index (χ0v) is 13.3. The predicted molar refractivity (Wildman–Crippen MR) is 86.1 cm³/mol. The number of rotatable bonds is 3. The molecule has 1 aliphatic rings. The monoisotopic (exact) mass is 343 g/mol. The van der Waals surface area contributed by atoms with Crippen LogP contribution in [0.2, 0.25) is 0 Å². The van der Waals surface area contributed by atoms with Crippen molar-refractivity contribution in [1.82, 2.24) is 9.88 Å². The SMILES string of the molecule is COC(=O)c1ccc(OC)c(-n2c(N)c3c(cc2=O)C(=O)NC3=O)c1. The van der Waals surface area contributed by atoms with Crippen LogP contribution < -0.4 is 21.3 Å². The zero-order chi connectivity index (χ0) is 18.3. The maximum absolute atomic E-state index is 12.5. The fourth-order valence-corrected chi connectivity index (χ4v) is 2.64. The van der Waals surface area contributed by atoms with Crippen molar-refractivity contribution in [1.29, 1.82) is 0 Å². The average Bonchev–Trinajstić information content (AvgIpc) is 2.88. The van der Waals surface area contributed by atoms with Crippen LogP contribution in [0.5, 0.6) is 5.75 Å². The summed E-state index contributed by atoms with van der Waals surface area (Å²) in [5, 5.41) is 2.08. The molecule has 0 unspecified atom stereocenters. The molecule has 0 saturated heterocycles. The molecule has 9 heteroatoms. The maximum Gasteiger partial charge on any atom is 0.337 e. The van der Waals surface area contributed by atoms with Crippen molar-refractivity contribution >= 4 is 23.6 Å². The number of nitrogens with zero attached hydrogens (tertiary/aromatic N) is 1. The molecular formula is C16H13N3O6. The number of nitrogens with one attached hydrogen (secondary N) is 1. The fourth-order valence-electron chi connectivity index (χ4n) is 2.64. The number of hydrogen-bond donors (Lipinski definition) is 2. The van der Waals surface area contributed by atoms with Gasteiger partial charge in [-0.05, 0) is 18.2 Å². The fraction of sp³-hybridized carbons (Fsp3) is 0.125. The van der Waals surface area contributed by atoms with Crippen molar-refractivity contribution < 1.29 is 23.9 Å². The normalized spacial score (nSPS) is 12.6. The number of hydrogen-bond acceptors (Lipinski definition) is 7. The van der Waals surface area contributed by atoms with Gasteiger partial charge in [0.25, 0.3) is 17.4 Å². The van der Waals surface area contributed by atoms with E-state index in [2.05, 4.69) is 10.1 Å². The Labute approximate surface area is 140 Å². The molecule has 0 atom stereocenters. The summed E-state index contributed by atoms with van der Waals surface area (Å²) in [5.74, 6) is -2.00. The van der Waals surface area contributed by atoms with E-state index in [4.69, 9.17) is 10.5 Å². The van der Waals surface area contributed by atoms with E-state index in [9.17, 15) is 19.2 Å². The van der Waals surface area contributed by atoms with Gasteiger partial charge in [0.15, 0.2) is 0 Å². The Morgan fingerprint density at radius 2 is 1.84 bits per heavy atom. The van der Waals surface area contributed by atoms with E-state index in [0.29, 0.717) is 0 Å². The summed E-state index contributed by atoms with van der Waals surface area (Å²) in [6.45, 7) is 0. The van der Waals surface area contributed by atoms with Gasteiger partial charge >= 0.3 is 5.97 Å². The second kappa shape index (κ2) is 5.78. The number of anilines is 1. The van der Waals surface area contributed by atoms with Gasteiger partial charge in [-0.25, -0.2) is 4.79 Å². The molecule has 0 saturated carbocycles. The van der Waals surface area contributed by atoms with Crippen LogP contribution in [-0.2, 0) is 4.74 Å². The smallest absolute Gasteiger partial charge is 0.337 e. The Morgan fingerprint density at radius 1 is 1.12 bits per heavy atom. The lowest BCUT2D eigenvalue weighted by molar-refractivity contribution is 0.0600. The summed E-state index contributed by atoms with van der Waals surface area (Å²) in [4.78, 5) is 47.9. The molecule has 3 rings (SSSR count). The number of esters is 1. The topological polar surface area (TPSA) is 130 Å². The summed E-state index contributed by atoms with van der Waals surface area (Å²) in [6.07, 6.45) is 0. The number of pyridine rings is 1. The Bertz CT molecular complexity index is 992. The highest BCUT2D eigenvalue weighted by Gasteiger charge is 2.32. The Balaban J connectivity index is 2.33. The number of methoxy groups -OCH3 is 2. The first kappa shape index (κ1) is 16.2. The van der Waals surface area contributed by atoms with Gasteiger partial charge in [0, 0.05) is 6.07 Å². The van der Waals surface area contributed by atoms with Crippen LogP contribution in [0.4, 0.5) is 5.82 Å². The molecule has 2 aromatic rings. The molecule has 0 radical (unpaired) electrons. The first-order chi connectivity index (χ1) is 11.9. The molecule has 0 fully saturated rings. The molecule has 128 valence electrons. The maximum atomic E-state index is 12.5. The van der Waals surface area contributed by atoms with Crippen LogP contribution in [-0.4, -0.2) is 36.6 Å². The van der Waals surface area contributed by atoms with Crippen molar-refractivity contribution in [2.45, 2.75) is 0 Å². The van der Waals surface area contributed by atoms with Crippen molar-refractivity contribution in [2.24, 2.45) is 0 Å². The van der Waals surface area contributed by atoms with Gasteiger partial charge in [0.1, 0.15) is 11.6 Å². The van der Waals surface area contributed by atoms with Gasteiger partial charge in [0.2, 0.25) is 0 Å². The predicted octanol–water partition coefficient (Wildman–Crippen LogP) is 0.0985. The van der Waals surface area contributed by atoms with Gasteiger partial charge in [-0.1, -0.05) is 0 Å². The largest absolute Gasteiger partial charge is 0.495 e. The molecule has 3 N–H and O–H groups in total. The molecule has 2 amide bonds. The number of amides is 2. The van der Waals surface area contributed by atoms with Gasteiger partial charge in [-0.2, -0.15) is 0 Å². The number of fused-ring (bicyclic) bond motifs is 1. The van der Waals surface area contributed by atoms with Crippen LogP contribution >= 0.6 is 0 Å². The summed E-state index contributed by atoms with van der Waals surface area (Å²) < 4.78 is 10.9. The Morgan fingerprint density at radius 3 is 2.48 bits per heavy atom. The first-order valence-corrected chi connectivity index (χ1v) is 7.07. The molecule has 0 spiro atoms. The van der Waals surface area contributed by atoms with Gasteiger partial charge < -0.3 is 15.2 Å². The highest BCUT2D eigenvalue weighted by Crippen LogP contribution is 2.28. The Hall–Kier alpha value is -3.62. The summed E-state index contributed by atoms with van der Waals surface area (Å²) >= 11 is 0. The van der Waals surface area contributed by atoms with Crippen molar-refractivity contribution in [2.75, 3.05) is 20.0 Å². The van der Waals surface area contributed by atoms with Crippen LogP contribution in [0.25, 0.3) is 5.69 Å². The number of nitrogen functional groups attached to an aromatic ring is 1. The lowest BCUT2D eigenvalue weighted by Crippen LogP contribution is -2.24. The van der Waals surface area contributed by atoms with Crippen LogP contribution in [0.15, 0.2) is 29.1 Å². The van der Waals surface area contributed by atoms with Crippen LogP contribution in [0, 0.1) is 0 Å². The van der Waals surface area contributed by atoms with E-state index < -0.39 is 23.3 Å². The van der Waals surface area contributed by atoms with Crippen molar-refractivity contribution in [3.8, 4) is 11.4 Å². The first-order valence-electron chi connectivity index (χ1n) is 7.07. The molecular weight excluding hydrogens is 330 g/mol. The molecule has 1 aromatic carbocycles. The number of imide groups is 1. The van der Waals surface area contributed by atoms with E-state index >= 15 is 0 Å². The number of aromatic nitrogens is 1. The molecule has 1 aromatic heterocycles. The molecule has 25 heavy (non-hydrogen) atoms. The lowest BCUT2D eigenvalue weighted by atomic mass is 10.1. The number of carbonyl (C=O) groups is 3. The van der Waals surface area contributed by atoms with Gasteiger partial charge in [-0.3, -0.25) is 24.3 Å². The third-order valence-corrected chi connectivity index (χ3v) is 3.79. The molecule has 9 nitrogen and oxygen atoms in total. The second-order valence-corrected chi connectivity index (χ2v) is 5.15. The van der Waals surface area contributed by atoms with Crippen LogP contribution in [0.3, 0.4) is 0 Å². The highest BCUT2D eigenvalue weighted by molar-refractivity contribution is 6.23. The Kier molecular flexibility index (Phi) is 3.76. The number of carbonyl (C=O) groups excluding carboxylic acids is 3. The molecule has 0 bridgehead atoms. The molecule has 2 heterocycles. The third-order valence-electron chi connectivity index (χ3n) is 3.79. The van der Waals surface area contributed by atoms with Gasteiger partial charge in [-0.15, -0.1) is 0 Å².